The van der Waals surface area contributed by atoms with Crippen LogP contribution in [-0.2, 0) is 20.9 Å². The Morgan fingerprint density at radius 2 is 1.70 bits per heavy atom. The van der Waals surface area contributed by atoms with E-state index in [1.807, 2.05) is 36.4 Å². The van der Waals surface area contributed by atoms with Crippen molar-refractivity contribution in [3.63, 3.8) is 0 Å². The van der Waals surface area contributed by atoms with Gasteiger partial charge in [0.15, 0.2) is 0 Å². The van der Waals surface area contributed by atoms with Crippen molar-refractivity contribution in [3.8, 4) is 11.5 Å². The fourth-order valence-electron chi connectivity index (χ4n) is 4.31. The van der Waals surface area contributed by atoms with Crippen LogP contribution in [0.4, 0.5) is 4.79 Å². The summed E-state index contributed by atoms with van der Waals surface area (Å²) >= 11 is 0. The van der Waals surface area contributed by atoms with Crippen molar-refractivity contribution in [1.82, 2.24) is 15.1 Å². The lowest BCUT2D eigenvalue weighted by Crippen LogP contribution is -2.49. The molecule has 0 saturated carbocycles. The maximum Gasteiger partial charge on any atom is 0.408 e. The highest BCUT2D eigenvalue weighted by atomic mass is 16.5. The van der Waals surface area contributed by atoms with Gasteiger partial charge in [0.1, 0.15) is 24.1 Å². The number of carbonyl (C=O) groups excluding carboxylic acids is 2. The molecule has 200 valence electrons. The van der Waals surface area contributed by atoms with E-state index in [1.54, 1.807) is 31.3 Å². The van der Waals surface area contributed by atoms with Gasteiger partial charge in [-0.15, -0.1) is 0 Å². The second kappa shape index (κ2) is 13.5. The molecule has 10 heteroatoms. The molecule has 0 bridgehead atoms. The largest absolute Gasteiger partial charge is 0.497 e. The maximum absolute atomic E-state index is 12.8. The summed E-state index contributed by atoms with van der Waals surface area (Å²) in [4.78, 5) is 40.5. The summed E-state index contributed by atoms with van der Waals surface area (Å²) in [6.07, 6.45) is -0.841. The molecule has 0 radical (unpaired) electrons. The number of ether oxygens (including phenoxy) is 3. The minimum atomic E-state index is -1.21. The predicted octanol–water partition coefficient (Wildman–Crippen LogP) is 3.07. The van der Waals surface area contributed by atoms with Crippen LogP contribution in [-0.4, -0.2) is 79.3 Å². The van der Waals surface area contributed by atoms with Crippen molar-refractivity contribution in [2.75, 3.05) is 40.4 Å². The molecule has 1 aliphatic heterocycles. The molecule has 10 nitrogen and oxygen atoms in total. The first kappa shape index (κ1) is 27.8. The van der Waals surface area contributed by atoms with E-state index in [4.69, 9.17) is 14.2 Å². The molecule has 0 spiro atoms. The topological polar surface area (TPSA) is 118 Å². The van der Waals surface area contributed by atoms with Gasteiger partial charge in [-0.3, -0.25) is 9.69 Å². The number of methoxy groups -OCH3 is 2. The van der Waals surface area contributed by atoms with Crippen LogP contribution in [0.5, 0.6) is 11.5 Å². The van der Waals surface area contributed by atoms with Crippen molar-refractivity contribution in [3.05, 3.63) is 59.7 Å². The van der Waals surface area contributed by atoms with Crippen molar-refractivity contribution < 1.29 is 33.7 Å². The quantitative estimate of drug-likeness (QED) is 0.471. The van der Waals surface area contributed by atoms with Gasteiger partial charge >= 0.3 is 12.1 Å². The number of benzene rings is 2. The van der Waals surface area contributed by atoms with Crippen molar-refractivity contribution in [2.24, 2.45) is 0 Å². The number of nitrogens with zero attached hydrogens (tertiary/aromatic N) is 2. The lowest BCUT2D eigenvalue weighted by atomic mass is 10.0. The van der Waals surface area contributed by atoms with Gasteiger partial charge in [0.05, 0.1) is 14.2 Å². The standard InChI is InChI=1S/C27H35N3O7/c1-19(22-10-9-21(35-2)17-24(22)36-3)29-13-15-30(16-14-29)25(31)12-11-23(26(32)33)28-27(34)37-18-20-7-5-4-6-8-20/h4-10,17,19,23H,11-16,18H2,1-3H3,(H,28,34)(H,32,33)/t19?,23-/m0/s1. The van der Waals surface area contributed by atoms with E-state index in [9.17, 15) is 19.5 Å². The summed E-state index contributed by atoms with van der Waals surface area (Å²) < 4.78 is 15.9. The molecule has 0 aromatic heterocycles. The van der Waals surface area contributed by atoms with Crippen LogP contribution in [0.15, 0.2) is 48.5 Å². The highest BCUT2D eigenvalue weighted by Crippen LogP contribution is 2.32. The third kappa shape index (κ3) is 7.85. The van der Waals surface area contributed by atoms with Crippen LogP contribution in [0.1, 0.15) is 36.9 Å². The van der Waals surface area contributed by atoms with Gasteiger partial charge < -0.3 is 29.5 Å². The molecule has 1 heterocycles. The Morgan fingerprint density at radius 1 is 1.00 bits per heavy atom. The minimum Gasteiger partial charge on any atom is -0.497 e. The number of carboxylic acids is 1. The molecular weight excluding hydrogens is 478 g/mol. The summed E-state index contributed by atoms with van der Waals surface area (Å²) in [5, 5.41) is 11.8. The molecule has 37 heavy (non-hydrogen) atoms. The van der Waals surface area contributed by atoms with Crippen LogP contribution in [0.3, 0.4) is 0 Å². The first-order chi connectivity index (χ1) is 17.8. The molecule has 0 aliphatic carbocycles. The number of nitrogens with one attached hydrogen (secondary N) is 1. The molecule has 2 atom stereocenters. The zero-order chi connectivity index (χ0) is 26.8. The second-order valence-electron chi connectivity index (χ2n) is 8.84. The summed E-state index contributed by atoms with van der Waals surface area (Å²) in [6.45, 7) is 4.55. The van der Waals surface area contributed by atoms with E-state index in [-0.39, 0.29) is 31.4 Å². The molecule has 2 N–H and O–H groups in total. The third-order valence-corrected chi connectivity index (χ3v) is 6.56. The lowest BCUT2D eigenvalue weighted by molar-refractivity contribution is -0.140. The number of hydrogen-bond acceptors (Lipinski definition) is 7. The molecule has 1 fully saturated rings. The van der Waals surface area contributed by atoms with Crippen LogP contribution in [0.2, 0.25) is 0 Å². The normalized spacial score (nSPS) is 15.4. The van der Waals surface area contributed by atoms with E-state index >= 15 is 0 Å². The number of hydrogen-bond donors (Lipinski definition) is 2. The van der Waals surface area contributed by atoms with Gasteiger partial charge in [0.25, 0.3) is 0 Å². The van der Waals surface area contributed by atoms with Gasteiger partial charge in [-0.25, -0.2) is 9.59 Å². The van der Waals surface area contributed by atoms with Gasteiger partial charge in [0, 0.05) is 50.3 Å². The molecule has 3 rings (SSSR count). The summed E-state index contributed by atoms with van der Waals surface area (Å²) in [6, 6.07) is 13.7. The smallest absolute Gasteiger partial charge is 0.408 e. The number of alkyl carbamates (subject to hydrolysis) is 1. The number of amides is 2. The zero-order valence-corrected chi connectivity index (χ0v) is 21.5. The number of carboxylic acid groups (broad SMARTS) is 1. The van der Waals surface area contributed by atoms with E-state index < -0.39 is 18.1 Å². The summed E-state index contributed by atoms with van der Waals surface area (Å²) in [7, 11) is 3.24. The SMILES string of the molecule is COc1ccc(C(C)N2CCN(C(=O)CC[C@H](NC(=O)OCc3ccccc3)C(=O)O)CC2)c(OC)c1. The highest BCUT2D eigenvalue weighted by Gasteiger charge is 2.28. The molecule has 2 amide bonds. The zero-order valence-electron chi connectivity index (χ0n) is 21.5. The number of carbonyl (C=O) groups is 3. The Hall–Kier alpha value is -3.79. The number of piperazine rings is 1. The van der Waals surface area contributed by atoms with Gasteiger partial charge in [-0.2, -0.15) is 0 Å². The first-order valence-corrected chi connectivity index (χ1v) is 12.3. The molecule has 1 saturated heterocycles. The Labute approximate surface area is 217 Å². The maximum atomic E-state index is 12.8. The van der Waals surface area contributed by atoms with Crippen molar-refractivity contribution in [2.45, 2.75) is 38.5 Å². The molecule has 2 aromatic carbocycles. The molecule has 2 aromatic rings. The van der Waals surface area contributed by atoms with E-state index in [2.05, 4.69) is 17.1 Å². The predicted molar refractivity (Wildman–Crippen MR) is 137 cm³/mol. The van der Waals surface area contributed by atoms with Crippen LogP contribution in [0.25, 0.3) is 0 Å². The third-order valence-electron chi connectivity index (χ3n) is 6.56. The van der Waals surface area contributed by atoms with E-state index in [1.165, 1.54) is 0 Å². The second-order valence-corrected chi connectivity index (χ2v) is 8.84. The van der Waals surface area contributed by atoms with Gasteiger partial charge in [-0.1, -0.05) is 36.4 Å². The highest BCUT2D eigenvalue weighted by molar-refractivity contribution is 5.81. The van der Waals surface area contributed by atoms with Crippen molar-refractivity contribution >= 4 is 18.0 Å². The Balaban J connectivity index is 1.46. The van der Waals surface area contributed by atoms with E-state index in [0.717, 1.165) is 22.6 Å². The lowest BCUT2D eigenvalue weighted by Gasteiger charge is -2.38. The Morgan fingerprint density at radius 3 is 2.32 bits per heavy atom. The molecule has 1 unspecified atom stereocenters. The van der Waals surface area contributed by atoms with Crippen LogP contribution < -0.4 is 14.8 Å². The van der Waals surface area contributed by atoms with Crippen LogP contribution >= 0.6 is 0 Å². The Kier molecular flexibility index (Phi) is 10.1. The fraction of sp³-hybridized carbons (Fsp3) is 0.444. The fourth-order valence-corrected chi connectivity index (χ4v) is 4.31. The monoisotopic (exact) mass is 513 g/mol. The average molecular weight is 514 g/mol. The molecule has 1 aliphatic rings. The summed E-state index contributed by atoms with van der Waals surface area (Å²) in [5.74, 6) is 0.123. The Bertz CT molecular complexity index is 1060. The van der Waals surface area contributed by atoms with Gasteiger partial charge in [0.2, 0.25) is 5.91 Å². The minimum absolute atomic E-state index is 0.0117. The summed E-state index contributed by atoms with van der Waals surface area (Å²) in [5.41, 5.74) is 1.83. The van der Waals surface area contributed by atoms with E-state index in [0.29, 0.717) is 26.2 Å². The van der Waals surface area contributed by atoms with Crippen molar-refractivity contribution in [1.29, 1.82) is 0 Å². The molecular formula is C27H35N3O7. The number of aliphatic carboxylic acids is 1. The number of rotatable bonds is 11. The van der Waals surface area contributed by atoms with Gasteiger partial charge in [-0.05, 0) is 25.0 Å². The average Bonchev–Trinajstić information content (AvgIpc) is 2.93. The van der Waals surface area contributed by atoms with Crippen LogP contribution in [0, 0.1) is 0 Å². The first-order valence-electron chi connectivity index (χ1n) is 12.3.